The van der Waals surface area contributed by atoms with Gasteiger partial charge in [-0.2, -0.15) is 0 Å². The molecule has 27 heavy (non-hydrogen) atoms. The summed E-state index contributed by atoms with van der Waals surface area (Å²) in [5, 5.41) is 3.13. The lowest BCUT2D eigenvalue weighted by Crippen LogP contribution is -2.39. The SMILES string of the molecule is CC(NC(=O)/C=C/c1ccc(N2CCCS2(=O)=O)cc1)C1CC2CCC1C2. The number of nitrogens with one attached hydrogen (secondary N) is 1. The van der Waals surface area contributed by atoms with Gasteiger partial charge >= 0.3 is 0 Å². The van der Waals surface area contributed by atoms with Crippen molar-refractivity contribution in [1.82, 2.24) is 5.32 Å². The number of nitrogens with zero attached hydrogens (tertiary/aromatic N) is 1. The number of amides is 1. The van der Waals surface area contributed by atoms with Crippen LogP contribution in [0.4, 0.5) is 5.69 Å². The van der Waals surface area contributed by atoms with Crippen LogP contribution in [0.5, 0.6) is 0 Å². The largest absolute Gasteiger partial charge is 0.350 e. The second-order valence-electron chi connectivity index (χ2n) is 8.30. The molecule has 1 saturated heterocycles. The minimum Gasteiger partial charge on any atom is -0.350 e. The lowest BCUT2D eigenvalue weighted by Gasteiger charge is -2.28. The van der Waals surface area contributed by atoms with Crippen molar-refractivity contribution in [2.75, 3.05) is 16.6 Å². The maximum Gasteiger partial charge on any atom is 0.244 e. The van der Waals surface area contributed by atoms with Crippen molar-refractivity contribution in [3.63, 3.8) is 0 Å². The van der Waals surface area contributed by atoms with Crippen LogP contribution in [0, 0.1) is 17.8 Å². The Hall–Kier alpha value is -1.82. The summed E-state index contributed by atoms with van der Waals surface area (Å²) in [6.07, 6.45) is 9.33. The van der Waals surface area contributed by atoms with Crippen molar-refractivity contribution in [2.24, 2.45) is 17.8 Å². The Kier molecular flexibility index (Phi) is 5.01. The minimum absolute atomic E-state index is 0.0588. The number of benzene rings is 1. The Morgan fingerprint density at radius 2 is 2.00 bits per heavy atom. The fourth-order valence-electron chi connectivity index (χ4n) is 5.14. The van der Waals surface area contributed by atoms with Gasteiger partial charge in [0.1, 0.15) is 0 Å². The van der Waals surface area contributed by atoms with Gasteiger partial charge in [0.25, 0.3) is 0 Å². The molecule has 3 aliphatic rings. The predicted octanol–water partition coefficient (Wildman–Crippen LogP) is 3.18. The third-order valence-electron chi connectivity index (χ3n) is 6.51. The Morgan fingerprint density at radius 3 is 2.59 bits per heavy atom. The van der Waals surface area contributed by atoms with E-state index in [-0.39, 0.29) is 17.7 Å². The average molecular weight is 389 g/mol. The van der Waals surface area contributed by atoms with E-state index in [4.69, 9.17) is 0 Å². The van der Waals surface area contributed by atoms with Gasteiger partial charge in [-0.05, 0) is 74.1 Å². The Bertz CT molecular complexity index is 831. The van der Waals surface area contributed by atoms with Crippen LogP contribution in [0.3, 0.4) is 0 Å². The smallest absolute Gasteiger partial charge is 0.244 e. The molecule has 2 bridgehead atoms. The lowest BCUT2D eigenvalue weighted by molar-refractivity contribution is -0.117. The van der Waals surface area contributed by atoms with Crippen LogP contribution in [-0.2, 0) is 14.8 Å². The fourth-order valence-corrected chi connectivity index (χ4v) is 6.70. The Morgan fingerprint density at radius 1 is 1.22 bits per heavy atom. The molecule has 2 saturated carbocycles. The van der Waals surface area contributed by atoms with Crippen LogP contribution >= 0.6 is 0 Å². The van der Waals surface area contributed by atoms with Gasteiger partial charge in [-0.25, -0.2) is 8.42 Å². The van der Waals surface area contributed by atoms with Gasteiger partial charge in [0.15, 0.2) is 0 Å². The number of hydrogen-bond donors (Lipinski definition) is 1. The molecule has 1 heterocycles. The van der Waals surface area contributed by atoms with Crippen molar-refractivity contribution < 1.29 is 13.2 Å². The van der Waals surface area contributed by atoms with Crippen molar-refractivity contribution in [2.45, 2.75) is 45.1 Å². The summed E-state index contributed by atoms with van der Waals surface area (Å²) < 4.78 is 25.4. The minimum atomic E-state index is -3.15. The van der Waals surface area contributed by atoms with Gasteiger partial charge < -0.3 is 5.32 Å². The predicted molar refractivity (Wildman–Crippen MR) is 108 cm³/mol. The third-order valence-corrected chi connectivity index (χ3v) is 8.38. The molecule has 4 rings (SSSR count). The van der Waals surface area contributed by atoms with E-state index in [9.17, 15) is 13.2 Å². The second kappa shape index (κ2) is 7.30. The number of carbonyl (C=O) groups excluding carboxylic acids is 1. The van der Waals surface area contributed by atoms with Gasteiger partial charge in [0.05, 0.1) is 11.4 Å². The summed E-state index contributed by atoms with van der Waals surface area (Å²) in [5.41, 5.74) is 1.58. The van der Waals surface area contributed by atoms with E-state index in [0.29, 0.717) is 24.6 Å². The van der Waals surface area contributed by atoms with Crippen LogP contribution in [0.1, 0.15) is 44.6 Å². The summed E-state index contributed by atoms with van der Waals surface area (Å²) in [4.78, 5) is 12.3. The van der Waals surface area contributed by atoms with Crippen molar-refractivity contribution in [3.05, 3.63) is 35.9 Å². The standard InChI is InChI=1S/C21H28N2O3S/c1-15(20-14-17-3-7-18(20)13-17)22-21(24)10-6-16-4-8-19(9-5-16)23-11-2-12-27(23,25)26/h4-6,8-10,15,17-18,20H,2-3,7,11-14H2,1H3,(H,22,24)/b10-6+. The molecule has 4 atom stereocenters. The summed E-state index contributed by atoms with van der Waals surface area (Å²) in [7, 11) is -3.15. The molecule has 1 aromatic rings. The molecular weight excluding hydrogens is 360 g/mol. The summed E-state index contributed by atoms with van der Waals surface area (Å²) in [6, 6.07) is 7.54. The molecule has 146 valence electrons. The molecule has 1 aliphatic heterocycles. The van der Waals surface area contributed by atoms with E-state index in [2.05, 4.69) is 12.2 Å². The van der Waals surface area contributed by atoms with E-state index in [1.807, 2.05) is 12.1 Å². The van der Waals surface area contributed by atoms with Gasteiger partial charge in [-0.3, -0.25) is 9.10 Å². The first-order valence-corrected chi connectivity index (χ1v) is 11.6. The molecule has 6 heteroatoms. The maximum atomic E-state index is 12.3. The number of hydrogen-bond acceptors (Lipinski definition) is 3. The zero-order valence-electron chi connectivity index (χ0n) is 15.8. The average Bonchev–Trinajstić information content (AvgIpc) is 3.35. The van der Waals surface area contributed by atoms with Crippen molar-refractivity contribution in [1.29, 1.82) is 0 Å². The van der Waals surface area contributed by atoms with Gasteiger partial charge in [0, 0.05) is 18.7 Å². The quantitative estimate of drug-likeness (QED) is 0.788. The van der Waals surface area contributed by atoms with Gasteiger partial charge in [0.2, 0.25) is 15.9 Å². The highest BCUT2D eigenvalue weighted by Crippen LogP contribution is 2.49. The molecular formula is C21H28N2O3S. The second-order valence-corrected chi connectivity index (χ2v) is 10.3. The molecule has 0 aromatic heterocycles. The first-order chi connectivity index (χ1) is 12.9. The highest BCUT2D eigenvalue weighted by molar-refractivity contribution is 7.93. The van der Waals surface area contributed by atoms with E-state index < -0.39 is 10.0 Å². The Labute approximate surface area is 161 Å². The summed E-state index contributed by atoms with van der Waals surface area (Å²) >= 11 is 0. The normalized spacial score (nSPS) is 30.1. The van der Waals surface area contributed by atoms with Crippen LogP contribution in [0.25, 0.3) is 6.08 Å². The van der Waals surface area contributed by atoms with Crippen LogP contribution in [0.2, 0.25) is 0 Å². The molecule has 1 amide bonds. The molecule has 0 spiro atoms. The topological polar surface area (TPSA) is 66.5 Å². The van der Waals surface area contributed by atoms with Crippen molar-refractivity contribution >= 4 is 27.7 Å². The monoisotopic (exact) mass is 388 g/mol. The van der Waals surface area contributed by atoms with Gasteiger partial charge in [-0.15, -0.1) is 0 Å². The van der Waals surface area contributed by atoms with E-state index in [1.54, 1.807) is 24.3 Å². The maximum absolute atomic E-state index is 12.3. The molecule has 3 fully saturated rings. The zero-order chi connectivity index (χ0) is 19.0. The highest BCUT2D eigenvalue weighted by atomic mass is 32.2. The number of sulfonamides is 1. The number of anilines is 1. The lowest BCUT2D eigenvalue weighted by atomic mass is 9.84. The van der Waals surface area contributed by atoms with E-state index in [1.165, 1.54) is 30.0 Å². The third kappa shape index (κ3) is 3.91. The summed E-state index contributed by atoms with van der Waals surface area (Å²) in [5.74, 6) is 2.46. The number of fused-ring (bicyclic) bond motifs is 2. The fraction of sp³-hybridized carbons (Fsp3) is 0.571. The van der Waals surface area contributed by atoms with Crippen LogP contribution < -0.4 is 9.62 Å². The van der Waals surface area contributed by atoms with E-state index in [0.717, 1.165) is 17.4 Å². The molecule has 0 radical (unpaired) electrons. The molecule has 2 aliphatic carbocycles. The number of carbonyl (C=O) groups is 1. The summed E-state index contributed by atoms with van der Waals surface area (Å²) in [6.45, 7) is 2.67. The molecule has 5 nitrogen and oxygen atoms in total. The van der Waals surface area contributed by atoms with Crippen molar-refractivity contribution in [3.8, 4) is 0 Å². The molecule has 1 aromatic carbocycles. The first kappa shape index (κ1) is 18.5. The van der Waals surface area contributed by atoms with Crippen LogP contribution in [-0.4, -0.2) is 32.7 Å². The van der Waals surface area contributed by atoms with Gasteiger partial charge in [-0.1, -0.05) is 18.6 Å². The van der Waals surface area contributed by atoms with Crippen LogP contribution in [0.15, 0.2) is 30.3 Å². The first-order valence-electron chi connectivity index (χ1n) is 10.0. The molecule has 4 unspecified atom stereocenters. The Balaban J connectivity index is 1.33. The molecule has 1 N–H and O–H groups in total. The zero-order valence-corrected chi connectivity index (χ0v) is 16.6. The highest BCUT2D eigenvalue weighted by Gasteiger charge is 2.41. The number of rotatable bonds is 5. The van der Waals surface area contributed by atoms with E-state index >= 15 is 0 Å².